The molecule has 0 atom stereocenters. The van der Waals surface area contributed by atoms with E-state index in [1.165, 1.54) is 11.1 Å². The summed E-state index contributed by atoms with van der Waals surface area (Å²) in [6.07, 6.45) is 0. The summed E-state index contributed by atoms with van der Waals surface area (Å²) in [7, 11) is 0. The lowest BCUT2D eigenvalue weighted by atomic mass is 10.0. The highest BCUT2D eigenvalue weighted by atomic mass is 15.4. The summed E-state index contributed by atoms with van der Waals surface area (Å²) in [4.78, 5) is 0. The zero-order chi connectivity index (χ0) is 13.3. The van der Waals surface area contributed by atoms with Gasteiger partial charge in [-0.1, -0.05) is 17.3 Å². The van der Waals surface area contributed by atoms with E-state index in [-0.39, 0.29) is 6.04 Å². The minimum Gasteiger partial charge on any atom is -0.325 e. The number of aromatic nitrogens is 3. The van der Waals surface area contributed by atoms with Crippen LogP contribution >= 0.6 is 0 Å². The Morgan fingerprint density at radius 2 is 1.94 bits per heavy atom. The van der Waals surface area contributed by atoms with Crippen molar-refractivity contribution in [3.8, 4) is 11.3 Å². The molecule has 2 N–H and O–H groups in total. The molecule has 0 bridgehead atoms. The van der Waals surface area contributed by atoms with Crippen molar-refractivity contribution < 1.29 is 0 Å². The summed E-state index contributed by atoms with van der Waals surface area (Å²) in [5.74, 6) is 0. The molecule has 96 valence electrons. The summed E-state index contributed by atoms with van der Waals surface area (Å²) in [6.45, 7) is 8.83. The van der Waals surface area contributed by atoms with E-state index in [2.05, 4.69) is 56.2 Å². The molecule has 1 heterocycles. The molecular weight excluding hydrogens is 224 g/mol. The molecule has 0 aliphatic carbocycles. The predicted molar refractivity (Wildman–Crippen MR) is 73.2 cm³/mol. The largest absolute Gasteiger partial charge is 0.325 e. The van der Waals surface area contributed by atoms with Gasteiger partial charge in [0.05, 0.1) is 5.69 Å². The van der Waals surface area contributed by atoms with Gasteiger partial charge in [-0.15, -0.1) is 5.10 Å². The molecule has 1 aromatic carbocycles. The van der Waals surface area contributed by atoms with Gasteiger partial charge in [-0.2, -0.15) is 0 Å². The molecule has 0 amide bonds. The highest BCUT2D eigenvalue weighted by Crippen LogP contribution is 2.26. The maximum absolute atomic E-state index is 5.75. The predicted octanol–water partition coefficient (Wildman–Crippen LogP) is 2.60. The first kappa shape index (κ1) is 12.8. The Balaban J connectivity index is 2.61. The number of rotatable bonds is 3. The van der Waals surface area contributed by atoms with Crippen LogP contribution < -0.4 is 5.73 Å². The first-order chi connectivity index (χ1) is 8.54. The normalized spacial score (nSPS) is 11.2. The molecule has 4 nitrogen and oxygen atoms in total. The summed E-state index contributed by atoms with van der Waals surface area (Å²) < 4.78 is 1.94. The molecule has 1 aromatic heterocycles. The highest BCUT2D eigenvalue weighted by Gasteiger charge is 2.16. The minimum atomic E-state index is 0.273. The number of nitrogens with two attached hydrogens (primary N) is 1. The second kappa shape index (κ2) is 4.90. The summed E-state index contributed by atoms with van der Waals surface area (Å²) in [6, 6.07) is 6.68. The molecule has 0 unspecified atom stereocenters. The number of hydrogen-bond acceptors (Lipinski definition) is 3. The molecule has 2 aromatic rings. The Kier molecular flexibility index (Phi) is 3.48. The fourth-order valence-corrected chi connectivity index (χ4v) is 2.01. The lowest BCUT2D eigenvalue weighted by Crippen LogP contribution is -2.06. The zero-order valence-electron chi connectivity index (χ0n) is 11.4. The van der Waals surface area contributed by atoms with Gasteiger partial charge in [-0.3, -0.25) is 0 Å². The minimum absolute atomic E-state index is 0.273. The van der Waals surface area contributed by atoms with Gasteiger partial charge in [-0.05, 0) is 44.9 Å². The third-order valence-corrected chi connectivity index (χ3v) is 3.23. The molecule has 0 radical (unpaired) electrons. The van der Waals surface area contributed by atoms with Crippen molar-refractivity contribution >= 4 is 0 Å². The Bertz CT molecular complexity index is 555. The maximum Gasteiger partial charge on any atom is 0.104 e. The van der Waals surface area contributed by atoms with Crippen molar-refractivity contribution in [3.05, 3.63) is 35.0 Å². The van der Waals surface area contributed by atoms with Crippen LogP contribution in [0.1, 0.15) is 36.7 Å². The van der Waals surface area contributed by atoms with Crippen molar-refractivity contribution in [3.63, 3.8) is 0 Å². The fraction of sp³-hybridized carbons (Fsp3) is 0.429. The van der Waals surface area contributed by atoms with E-state index in [1.807, 2.05) is 4.68 Å². The molecule has 4 heteroatoms. The van der Waals surface area contributed by atoms with Crippen molar-refractivity contribution in [2.75, 3.05) is 0 Å². The van der Waals surface area contributed by atoms with E-state index < -0.39 is 0 Å². The fourth-order valence-electron chi connectivity index (χ4n) is 2.01. The van der Waals surface area contributed by atoms with E-state index in [9.17, 15) is 0 Å². The van der Waals surface area contributed by atoms with Crippen LogP contribution in [0.2, 0.25) is 0 Å². The van der Waals surface area contributed by atoms with Crippen molar-refractivity contribution in [1.29, 1.82) is 0 Å². The second-order valence-electron chi connectivity index (χ2n) is 4.93. The topological polar surface area (TPSA) is 56.7 Å². The lowest BCUT2D eigenvalue weighted by molar-refractivity contribution is 0.519. The third-order valence-electron chi connectivity index (χ3n) is 3.23. The average molecular weight is 244 g/mol. The molecular formula is C14H20N4. The molecule has 0 aliphatic heterocycles. The zero-order valence-corrected chi connectivity index (χ0v) is 11.4. The SMILES string of the molecule is Cc1ccc(-c2c(CN)nnn2C(C)C)cc1C. The summed E-state index contributed by atoms with van der Waals surface area (Å²) in [5.41, 5.74) is 11.3. The van der Waals surface area contributed by atoms with Crippen LogP contribution in [0.3, 0.4) is 0 Å². The van der Waals surface area contributed by atoms with E-state index >= 15 is 0 Å². The average Bonchev–Trinajstić information content (AvgIpc) is 2.76. The van der Waals surface area contributed by atoms with Gasteiger partial charge in [0.25, 0.3) is 0 Å². The standard InChI is InChI=1S/C14H20N4/c1-9(2)18-14(13(8-15)16-17-18)12-6-5-10(3)11(4)7-12/h5-7,9H,8,15H2,1-4H3. The van der Waals surface area contributed by atoms with Gasteiger partial charge in [-0.25, -0.2) is 4.68 Å². The summed E-state index contributed by atoms with van der Waals surface area (Å²) >= 11 is 0. The second-order valence-corrected chi connectivity index (χ2v) is 4.93. The van der Waals surface area contributed by atoms with Crippen LogP contribution in [0, 0.1) is 13.8 Å². The maximum atomic E-state index is 5.75. The van der Waals surface area contributed by atoms with Crippen molar-refractivity contribution in [2.45, 2.75) is 40.3 Å². The lowest BCUT2D eigenvalue weighted by Gasteiger charge is -2.12. The van der Waals surface area contributed by atoms with E-state index in [1.54, 1.807) is 0 Å². The van der Waals surface area contributed by atoms with Crippen LogP contribution in [-0.2, 0) is 6.54 Å². The van der Waals surface area contributed by atoms with E-state index in [4.69, 9.17) is 5.73 Å². The van der Waals surface area contributed by atoms with Crippen LogP contribution in [0.25, 0.3) is 11.3 Å². The van der Waals surface area contributed by atoms with E-state index in [0.717, 1.165) is 17.0 Å². The van der Waals surface area contributed by atoms with E-state index in [0.29, 0.717) is 6.54 Å². The van der Waals surface area contributed by atoms with Gasteiger partial charge in [0.15, 0.2) is 0 Å². The number of hydrogen-bond donors (Lipinski definition) is 1. The molecule has 18 heavy (non-hydrogen) atoms. The Labute approximate surface area is 108 Å². The Morgan fingerprint density at radius 1 is 1.22 bits per heavy atom. The molecule has 2 rings (SSSR count). The first-order valence-electron chi connectivity index (χ1n) is 6.26. The van der Waals surface area contributed by atoms with Crippen LogP contribution in [0.15, 0.2) is 18.2 Å². The molecule has 0 spiro atoms. The monoisotopic (exact) mass is 244 g/mol. The van der Waals surface area contributed by atoms with Gasteiger partial charge >= 0.3 is 0 Å². The first-order valence-corrected chi connectivity index (χ1v) is 6.26. The van der Waals surface area contributed by atoms with Crippen molar-refractivity contribution in [2.24, 2.45) is 5.73 Å². The smallest absolute Gasteiger partial charge is 0.104 e. The number of nitrogens with zero attached hydrogens (tertiary/aromatic N) is 3. The highest BCUT2D eigenvalue weighted by molar-refractivity contribution is 5.63. The van der Waals surface area contributed by atoms with Gasteiger partial charge in [0.1, 0.15) is 5.69 Å². The molecule has 0 aliphatic rings. The van der Waals surface area contributed by atoms with Crippen molar-refractivity contribution in [1.82, 2.24) is 15.0 Å². The quantitative estimate of drug-likeness (QED) is 0.903. The summed E-state index contributed by atoms with van der Waals surface area (Å²) in [5, 5.41) is 8.37. The Morgan fingerprint density at radius 3 is 2.50 bits per heavy atom. The molecule has 0 saturated carbocycles. The van der Waals surface area contributed by atoms with Gasteiger partial charge in [0, 0.05) is 18.2 Å². The number of benzene rings is 1. The van der Waals surface area contributed by atoms with Gasteiger partial charge < -0.3 is 5.73 Å². The molecule has 0 fully saturated rings. The van der Waals surface area contributed by atoms with Gasteiger partial charge in [0.2, 0.25) is 0 Å². The number of aryl methyl sites for hydroxylation is 2. The van der Waals surface area contributed by atoms with Crippen LogP contribution in [0.5, 0.6) is 0 Å². The van der Waals surface area contributed by atoms with Crippen LogP contribution in [-0.4, -0.2) is 15.0 Å². The third kappa shape index (κ3) is 2.16. The van der Waals surface area contributed by atoms with Crippen LogP contribution in [0.4, 0.5) is 0 Å². The molecule has 0 saturated heterocycles. The Hall–Kier alpha value is -1.68.